The summed E-state index contributed by atoms with van der Waals surface area (Å²) in [4.78, 5) is 2.39. The number of nitrogens with one attached hydrogen (secondary N) is 3. The Morgan fingerprint density at radius 1 is 1.19 bits per heavy atom. The van der Waals surface area contributed by atoms with Crippen LogP contribution in [-0.4, -0.2) is 52.3 Å². The van der Waals surface area contributed by atoms with Gasteiger partial charge in [0.2, 0.25) is 0 Å². The molecule has 3 heterocycles. The van der Waals surface area contributed by atoms with E-state index in [-0.39, 0.29) is 5.82 Å². The molecule has 2 atom stereocenters. The first kappa shape index (κ1) is 20.7. The molecular formula is C23H28FN7O. The van der Waals surface area contributed by atoms with Gasteiger partial charge in [0.15, 0.2) is 11.6 Å². The standard InChI is InChI=1S/C23H28FN7O/c1-13-9-31(10-14(2)25-13)18-6-16(12-32-4)21-20(8-18)27-28-23(21)26-17-5-15-11-30(3)29-22(15)19(24)7-17/h5-8,11,13-14,25H,9-10,12H2,1-4H3,(H2,26,27,28)/t13-,14-/m0/s1. The largest absolute Gasteiger partial charge is 0.380 e. The van der Waals surface area contributed by atoms with Crippen LogP contribution >= 0.6 is 0 Å². The molecule has 0 aliphatic carbocycles. The molecule has 1 fully saturated rings. The van der Waals surface area contributed by atoms with Crippen molar-refractivity contribution in [2.45, 2.75) is 32.5 Å². The van der Waals surface area contributed by atoms with Gasteiger partial charge in [-0.15, -0.1) is 0 Å². The molecule has 9 heteroatoms. The van der Waals surface area contributed by atoms with Crippen LogP contribution in [0, 0.1) is 5.82 Å². The minimum Gasteiger partial charge on any atom is -0.380 e. The van der Waals surface area contributed by atoms with E-state index in [9.17, 15) is 4.39 Å². The fraction of sp³-hybridized carbons (Fsp3) is 0.391. The summed E-state index contributed by atoms with van der Waals surface area (Å²) in [5.74, 6) is 0.273. The van der Waals surface area contributed by atoms with Gasteiger partial charge in [-0.25, -0.2) is 4.39 Å². The van der Waals surface area contributed by atoms with Crippen molar-refractivity contribution < 1.29 is 9.13 Å². The Morgan fingerprint density at radius 3 is 2.72 bits per heavy atom. The number of rotatable bonds is 5. The van der Waals surface area contributed by atoms with Crippen molar-refractivity contribution in [3.63, 3.8) is 0 Å². The molecule has 0 bridgehead atoms. The number of fused-ring (bicyclic) bond motifs is 2. The van der Waals surface area contributed by atoms with Gasteiger partial charge in [-0.2, -0.15) is 10.2 Å². The Bertz CT molecular complexity index is 1270. The third kappa shape index (κ3) is 3.78. The summed E-state index contributed by atoms with van der Waals surface area (Å²) in [6.07, 6.45) is 1.80. The van der Waals surface area contributed by atoms with Gasteiger partial charge in [-0.1, -0.05) is 0 Å². The smallest absolute Gasteiger partial charge is 0.160 e. The van der Waals surface area contributed by atoms with Crippen LogP contribution < -0.4 is 15.5 Å². The fourth-order valence-corrected chi connectivity index (χ4v) is 4.73. The predicted molar refractivity (Wildman–Crippen MR) is 125 cm³/mol. The highest BCUT2D eigenvalue weighted by Gasteiger charge is 2.23. The summed E-state index contributed by atoms with van der Waals surface area (Å²) < 4.78 is 21.7. The Balaban J connectivity index is 1.53. The van der Waals surface area contributed by atoms with E-state index < -0.39 is 0 Å². The van der Waals surface area contributed by atoms with Crippen molar-refractivity contribution in [3.05, 3.63) is 41.8 Å². The lowest BCUT2D eigenvalue weighted by Crippen LogP contribution is -2.54. The average molecular weight is 438 g/mol. The molecule has 0 unspecified atom stereocenters. The Morgan fingerprint density at radius 2 is 1.97 bits per heavy atom. The van der Waals surface area contributed by atoms with E-state index in [0.717, 1.165) is 40.6 Å². The number of anilines is 3. The quantitative estimate of drug-likeness (QED) is 0.442. The molecule has 2 aromatic heterocycles. The van der Waals surface area contributed by atoms with Crippen LogP contribution in [0.15, 0.2) is 30.5 Å². The van der Waals surface area contributed by atoms with Crippen molar-refractivity contribution >= 4 is 39.0 Å². The second-order valence-corrected chi connectivity index (χ2v) is 8.73. The highest BCUT2D eigenvalue weighted by molar-refractivity contribution is 5.97. The van der Waals surface area contributed by atoms with Gasteiger partial charge in [0, 0.05) is 67.7 Å². The van der Waals surface area contributed by atoms with Crippen LogP contribution in [0.1, 0.15) is 19.4 Å². The first-order valence-corrected chi connectivity index (χ1v) is 10.8. The lowest BCUT2D eigenvalue weighted by molar-refractivity contribution is 0.186. The minimum atomic E-state index is -0.369. The van der Waals surface area contributed by atoms with Gasteiger partial charge in [0.1, 0.15) is 5.52 Å². The van der Waals surface area contributed by atoms with Crippen molar-refractivity contribution in [1.29, 1.82) is 0 Å². The van der Waals surface area contributed by atoms with Gasteiger partial charge in [0.05, 0.1) is 12.1 Å². The van der Waals surface area contributed by atoms with E-state index in [0.29, 0.717) is 35.7 Å². The number of nitrogens with zero attached hydrogens (tertiary/aromatic N) is 4. The highest BCUT2D eigenvalue weighted by atomic mass is 19.1. The second-order valence-electron chi connectivity index (χ2n) is 8.73. The molecule has 1 aliphatic rings. The lowest BCUT2D eigenvalue weighted by Gasteiger charge is -2.38. The van der Waals surface area contributed by atoms with Crippen molar-refractivity contribution in [2.24, 2.45) is 7.05 Å². The van der Waals surface area contributed by atoms with E-state index >= 15 is 0 Å². The summed E-state index contributed by atoms with van der Waals surface area (Å²) in [7, 11) is 3.47. The number of piperazine rings is 1. The summed E-state index contributed by atoms with van der Waals surface area (Å²) in [5, 5.41) is 20.3. The van der Waals surface area contributed by atoms with Crippen LogP contribution in [0.5, 0.6) is 0 Å². The van der Waals surface area contributed by atoms with Gasteiger partial charge in [-0.3, -0.25) is 9.78 Å². The van der Waals surface area contributed by atoms with Gasteiger partial charge >= 0.3 is 0 Å². The molecule has 1 saturated heterocycles. The number of benzene rings is 2. The fourth-order valence-electron chi connectivity index (χ4n) is 4.73. The molecule has 0 radical (unpaired) electrons. The van der Waals surface area contributed by atoms with Crippen LogP contribution in [0.4, 0.5) is 21.6 Å². The van der Waals surface area contributed by atoms with Crippen LogP contribution in [0.2, 0.25) is 0 Å². The van der Waals surface area contributed by atoms with Crippen molar-refractivity contribution in [3.8, 4) is 0 Å². The summed E-state index contributed by atoms with van der Waals surface area (Å²) >= 11 is 0. The van der Waals surface area contributed by atoms with Crippen molar-refractivity contribution in [1.82, 2.24) is 25.3 Å². The maximum absolute atomic E-state index is 14.5. The first-order valence-electron chi connectivity index (χ1n) is 10.8. The third-order valence-corrected chi connectivity index (χ3v) is 5.89. The number of halogens is 1. The second kappa shape index (κ2) is 8.07. The summed E-state index contributed by atoms with van der Waals surface area (Å²) in [6.45, 7) is 6.73. The molecule has 3 N–H and O–H groups in total. The minimum absolute atomic E-state index is 0.356. The molecule has 4 aromatic rings. The number of aromatic nitrogens is 4. The van der Waals surface area contributed by atoms with E-state index in [2.05, 4.69) is 56.8 Å². The van der Waals surface area contributed by atoms with E-state index in [1.165, 1.54) is 6.07 Å². The number of H-pyrrole nitrogens is 1. The molecule has 0 amide bonds. The number of aromatic amines is 1. The number of methoxy groups -OCH3 is 1. The van der Waals surface area contributed by atoms with Crippen LogP contribution in [0.3, 0.4) is 0 Å². The van der Waals surface area contributed by atoms with Gasteiger partial charge < -0.3 is 20.3 Å². The Hall–Kier alpha value is -3.17. The highest BCUT2D eigenvalue weighted by Crippen LogP contribution is 2.33. The number of aryl methyl sites for hydroxylation is 1. The van der Waals surface area contributed by atoms with E-state index in [1.54, 1.807) is 25.0 Å². The zero-order valence-electron chi connectivity index (χ0n) is 18.7. The summed E-state index contributed by atoms with van der Waals surface area (Å²) in [5.41, 5.74) is 4.06. The maximum atomic E-state index is 14.5. The lowest BCUT2D eigenvalue weighted by atomic mass is 10.1. The van der Waals surface area contributed by atoms with Gasteiger partial charge in [0.25, 0.3) is 0 Å². The summed E-state index contributed by atoms with van der Waals surface area (Å²) in [6, 6.07) is 8.45. The monoisotopic (exact) mass is 437 g/mol. The number of hydrogen-bond acceptors (Lipinski definition) is 6. The molecule has 0 spiro atoms. The molecule has 0 saturated carbocycles. The third-order valence-electron chi connectivity index (χ3n) is 5.89. The van der Waals surface area contributed by atoms with E-state index in [1.807, 2.05) is 6.07 Å². The normalized spacial score (nSPS) is 19.2. The molecule has 8 nitrogen and oxygen atoms in total. The molecular weight excluding hydrogens is 409 g/mol. The van der Waals surface area contributed by atoms with Crippen LogP contribution in [0.25, 0.3) is 21.8 Å². The van der Waals surface area contributed by atoms with Crippen molar-refractivity contribution in [2.75, 3.05) is 30.4 Å². The van der Waals surface area contributed by atoms with Crippen LogP contribution in [-0.2, 0) is 18.4 Å². The molecule has 5 rings (SSSR count). The molecule has 1 aliphatic heterocycles. The Labute approximate surface area is 185 Å². The zero-order chi connectivity index (χ0) is 22.4. The average Bonchev–Trinajstić information content (AvgIpc) is 3.31. The maximum Gasteiger partial charge on any atom is 0.160 e. The number of ether oxygens (including phenoxy) is 1. The van der Waals surface area contributed by atoms with E-state index in [4.69, 9.17) is 4.74 Å². The first-order chi connectivity index (χ1) is 15.4. The zero-order valence-corrected chi connectivity index (χ0v) is 18.7. The molecule has 32 heavy (non-hydrogen) atoms. The Kier molecular flexibility index (Phi) is 5.22. The van der Waals surface area contributed by atoms with Gasteiger partial charge in [-0.05, 0) is 43.7 Å². The molecule has 168 valence electrons. The predicted octanol–water partition coefficient (Wildman–Crippen LogP) is 3.67. The topological polar surface area (TPSA) is 83.0 Å². The number of hydrogen-bond donors (Lipinski definition) is 3. The molecule has 2 aromatic carbocycles. The SMILES string of the molecule is COCc1cc(N2C[C@H](C)N[C@@H](C)C2)cc2[nH]nc(Nc3cc(F)c4nn(C)cc4c3)c12.